The third-order valence-corrected chi connectivity index (χ3v) is 5.94. The molecule has 0 aliphatic carbocycles. The van der Waals surface area contributed by atoms with Gasteiger partial charge < -0.3 is 10.1 Å². The van der Waals surface area contributed by atoms with Gasteiger partial charge in [-0.15, -0.1) is 0 Å². The summed E-state index contributed by atoms with van der Waals surface area (Å²) in [5.74, 6) is -1.00. The minimum atomic E-state index is -4.52. The molecule has 0 aliphatic heterocycles. The number of ether oxygens (including phenoxy) is 1. The van der Waals surface area contributed by atoms with Gasteiger partial charge in [0.05, 0.1) is 22.2 Å². The molecular formula is C26H24ClF3N4O2. The summed E-state index contributed by atoms with van der Waals surface area (Å²) in [6.45, 7) is 5.14. The van der Waals surface area contributed by atoms with Gasteiger partial charge in [-0.2, -0.15) is 18.4 Å². The van der Waals surface area contributed by atoms with Crippen LogP contribution in [0.15, 0.2) is 60.9 Å². The molecule has 188 valence electrons. The van der Waals surface area contributed by atoms with E-state index in [1.807, 2.05) is 13.0 Å². The molecule has 2 atom stereocenters. The lowest BCUT2D eigenvalue weighted by atomic mass is 9.84. The van der Waals surface area contributed by atoms with E-state index in [1.165, 1.54) is 13.8 Å². The zero-order valence-electron chi connectivity index (χ0n) is 19.8. The fourth-order valence-electron chi connectivity index (χ4n) is 3.62. The maximum atomic E-state index is 13.0. The van der Waals surface area contributed by atoms with E-state index in [4.69, 9.17) is 16.3 Å². The highest BCUT2D eigenvalue weighted by Crippen LogP contribution is 2.33. The molecule has 2 heterocycles. The third kappa shape index (κ3) is 6.73. The van der Waals surface area contributed by atoms with Crippen molar-refractivity contribution in [2.45, 2.75) is 44.4 Å². The molecular weight excluding hydrogens is 493 g/mol. The lowest BCUT2D eigenvalue weighted by molar-refractivity contribution is -0.138. The Labute approximate surface area is 212 Å². The molecule has 36 heavy (non-hydrogen) atoms. The first-order valence-corrected chi connectivity index (χ1v) is 11.4. The molecule has 0 aliphatic rings. The van der Waals surface area contributed by atoms with E-state index in [0.717, 1.165) is 23.4 Å². The van der Waals surface area contributed by atoms with Crippen molar-refractivity contribution in [3.8, 4) is 11.9 Å². The largest absolute Gasteiger partial charge is 0.462 e. The van der Waals surface area contributed by atoms with Crippen molar-refractivity contribution >= 4 is 17.5 Å². The van der Waals surface area contributed by atoms with Gasteiger partial charge in [-0.25, -0.2) is 4.98 Å². The molecule has 0 radical (unpaired) electrons. The van der Waals surface area contributed by atoms with E-state index in [-0.39, 0.29) is 24.3 Å². The monoisotopic (exact) mass is 516 g/mol. The third-order valence-electron chi connectivity index (χ3n) is 5.72. The van der Waals surface area contributed by atoms with E-state index in [1.54, 1.807) is 36.5 Å². The number of halogens is 4. The average molecular weight is 517 g/mol. The minimum absolute atomic E-state index is 0.111. The van der Waals surface area contributed by atoms with Crippen LogP contribution in [-0.4, -0.2) is 28.0 Å². The molecule has 0 spiro atoms. The summed E-state index contributed by atoms with van der Waals surface area (Å²) in [5, 5.41) is 12.7. The number of nitrogens with zero attached hydrogens (tertiary/aromatic N) is 3. The second kappa shape index (κ2) is 11.0. The van der Waals surface area contributed by atoms with Gasteiger partial charge in [-0.3, -0.25) is 9.78 Å². The number of benzene rings is 1. The maximum absolute atomic E-state index is 13.0. The van der Waals surface area contributed by atoms with Crippen LogP contribution in [0.2, 0.25) is 5.02 Å². The number of nitriles is 1. The van der Waals surface area contributed by atoms with Crippen molar-refractivity contribution in [3.05, 3.63) is 88.3 Å². The highest BCUT2D eigenvalue weighted by Gasteiger charge is 2.34. The molecule has 2 unspecified atom stereocenters. The second-order valence-corrected chi connectivity index (χ2v) is 9.18. The molecule has 2 aromatic heterocycles. The molecule has 10 heteroatoms. The summed E-state index contributed by atoms with van der Waals surface area (Å²) in [7, 11) is 0. The zero-order valence-corrected chi connectivity index (χ0v) is 20.6. The summed E-state index contributed by atoms with van der Waals surface area (Å²) in [4.78, 5) is 21.1. The molecule has 0 saturated heterocycles. The molecule has 1 amide bonds. The number of rotatable bonds is 8. The Morgan fingerprint density at radius 3 is 2.47 bits per heavy atom. The molecule has 0 bridgehead atoms. The number of carbonyl (C=O) groups is 1. The van der Waals surface area contributed by atoms with Crippen LogP contribution in [0.25, 0.3) is 0 Å². The van der Waals surface area contributed by atoms with Gasteiger partial charge in [-0.1, -0.05) is 30.7 Å². The Hall–Kier alpha value is -3.64. The number of amides is 1. The van der Waals surface area contributed by atoms with Gasteiger partial charge in [0.25, 0.3) is 5.91 Å². The van der Waals surface area contributed by atoms with Crippen LogP contribution in [0, 0.1) is 11.3 Å². The molecule has 3 rings (SSSR count). The first-order chi connectivity index (χ1) is 16.9. The summed E-state index contributed by atoms with van der Waals surface area (Å²) in [6.07, 6.45) is -2.32. The topological polar surface area (TPSA) is 87.9 Å². The van der Waals surface area contributed by atoms with Crippen LogP contribution in [0.4, 0.5) is 13.2 Å². The Kier molecular flexibility index (Phi) is 8.21. The number of hydrogen-bond acceptors (Lipinski definition) is 5. The predicted molar refractivity (Wildman–Crippen MR) is 129 cm³/mol. The lowest BCUT2D eigenvalue weighted by Crippen LogP contribution is -2.48. The number of nitrogens with one attached hydrogen (secondary N) is 1. The average Bonchev–Trinajstić information content (AvgIpc) is 2.84. The van der Waals surface area contributed by atoms with Gasteiger partial charge in [0.15, 0.2) is 5.60 Å². The van der Waals surface area contributed by atoms with Crippen molar-refractivity contribution in [2.75, 3.05) is 6.54 Å². The van der Waals surface area contributed by atoms with E-state index in [0.29, 0.717) is 16.8 Å². The summed E-state index contributed by atoms with van der Waals surface area (Å²) in [6, 6.07) is 14.7. The molecule has 1 N–H and O–H groups in total. The van der Waals surface area contributed by atoms with Gasteiger partial charge in [0.1, 0.15) is 0 Å². The van der Waals surface area contributed by atoms with Crippen molar-refractivity contribution in [3.63, 3.8) is 0 Å². The highest BCUT2D eigenvalue weighted by atomic mass is 35.5. The highest BCUT2D eigenvalue weighted by molar-refractivity contribution is 6.30. The molecule has 6 nitrogen and oxygen atoms in total. The van der Waals surface area contributed by atoms with Crippen molar-refractivity contribution < 1.29 is 22.7 Å². The summed E-state index contributed by atoms with van der Waals surface area (Å²) < 4.78 is 44.0. The van der Waals surface area contributed by atoms with E-state index < -0.39 is 23.2 Å². The Morgan fingerprint density at radius 2 is 1.89 bits per heavy atom. The Balaban J connectivity index is 1.78. The van der Waals surface area contributed by atoms with Gasteiger partial charge in [-0.05, 0) is 49.7 Å². The van der Waals surface area contributed by atoms with Crippen LogP contribution in [0.5, 0.6) is 5.88 Å². The number of hydrogen-bond donors (Lipinski definition) is 1. The smallest absolute Gasteiger partial charge is 0.417 e. The molecule has 1 aromatic carbocycles. The lowest BCUT2D eigenvalue weighted by Gasteiger charge is -2.28. The van der Waals surface area contributed by atoms with Gasteiger partial charge in [0, 0.05) is 42.5 Å². The van der Waals surface area contributed by atoms with Crippen molar-refractivity contribution in [1.29, 1.82) is 5.26 Å². The second-order valence-electron chi connectivity index (χ2n) is 8.74. The van der Waals surface area contributed by atoms with Crippen LogP contribution in [0.1, 0.15) is 55.0 Å². The SMILES string of the molecule is CC(c1ccc(Cl)cn1)C(CNC(=O)C(C)(C)Oc1ccc(C(F)(F)F)cn1)c1cccc(C#N)c1. The van der Waals surface area contributed by atoms with Gasteiger partial charge in [0.2, 0.25) is 5.88 Å². The normalized spacial score (nSPS) is 13.4. The molecule has 0 fully saturated rings. The van der Waals surface area contributed by atoms with Crippen LogP contribution in [0.3, 0.4) is 0 Å². The Bertz CT molecular complexity index is 1240. The fourth-order valence-corrected chi connectivity index (χ4v) is 3.73. The standard InChI is InChI=1S/C26H24ClF3N4O2/c1-16(22-9-8-20(27)14-32-22)21(18-6-4-5-17(11-18)12-31)15-34-24(35)25(2,3)36-23-10-7-19(13-33-23)26(28,29)30/h4-11,13-14,16,21H,15H2,1-3H3,(H,34,35). The van der Waals surface area contributed by atoms with Crippen molar-refractivity contribution in [1.82, 2.24) is 15.3 Å². The number of alkyl halides is 3. The number of pyridine rings is 2. The first kappa shape index (κ1) is 27.0. The Morgan fingerprint density at radius 1 is 1.14 bits per heavy atom. The van der Waals surface area contributed by atoms with E-state index >= 15 is 0 Å². The van der Waals surface area contributed by atoms with E-state index in [2.05, 4.69) is 21.4 Å². The first-order valence-electron chi connectivity index (χ1n) is 11.0. The summed E-state index contributed by atoms with van der Waals surface area (Å²) >= 11 is 5.97. The maximum Gasteiger partial charge on any atom is 0.417 e. The van der Waals surface area contributed by atoms with Crippen molar-refractivity contribution in [2.24, 2.45) is 0 Å². The number of carbonyl (C=O) groups excluding carboxylic acids is 1. The van der Waals surface area contributed by atoms with Crippen LogP contribution < -0.4 is 10.1 Å². The quantitative estimate of drug-likeness (QED) is 0.404. The molecule has 0 saturated carbocycles. The number of aromatic nitrogens is 2. The zero-order chi connectivity index (χ0) is 26.5. The summed E-state index contributed by atoms with van der Waals surface area (Å²) in [5.41, 5.74) is -0.262. The van der Waals surface area contributed by atoms with Gasteiger partial charge >= 0.3 is 6.18 Å². The van der Waals surface area contributed by atoms with Crippen LogP contribution in [-0.2, 0) is 11.0 Å². The van der Waals surface area contributed by atoms with E-state index in [9.17, 15) is 23.2 Å². The predicted octanol–water partition coefficient (Wildman–Crippen LogP) is 5.88. The minimum Gasteiger partial charge on any atom is -0.462 e. The van der Waals surface area contributed by atoms with Crippen LogP contribution >= 0.6 is 11.6 Å². The molecule has 3 aromatic rings. The fraction of sp³-hybridized carbons (Fsp3) is 0.308.